The molecule has 2 aromatic carbocycles. The molecule has 0 radical (unpaired) electrons. The highest BCUT2D eigenvalue weighted by Crippen LogP contribution is 2.49. The molecular weight excluding hydrogens is 358 g/mol. The quantitative estimate of drug-likeness (QED) is 0.700. The topological polar surface area (TPSA) is 72.5 Å². The van der Waals surface area contributed by atoms with Crippen LogP contribution in [0.5, 0.6) is 5.75 Å². The van der Waals surface area contributed by atoms with E-state index >= 15 is 0 Å². The molecule has 4 nitrogen and oxygen atoms in total. The first-order chi connectivity index (χ1) is 13.0. The second kappa shape index (κ2) is 8.21. The Morgan fingerprint density at radius 1 is 1.22 bits per heavy atom. The Bertz CT molecular complexity index is 911. The molecule has 1 aromatic heterocycles. The lowest BCUT2D eigenvalue weighted by Crippen LogP contribution is -2.27. The zero-order valence-electron chi connectivity index (χ0n) is 15.7. The third-order valence-electron chi connectivity index (χ3n) is 5.06. The number of aliphatic hydroxyl groups is 1. The molecule has 3 aromatic rings. The second-order valence-corrected chi connectivity index (χ2v) is 7.97. The van der Waals surface area contributed by atoms with Crippen LogP contribution < -0.4 is 10.5 Å². The zero-order valence-corrected chi connectivity index (χ0v) is 16.5. The fraction of sp³-hybridized carbons (Fsp3) is 0.318. The number of aryl methyl sites for hydroxylation is 1. The molecule has 3 N–H and O–H groups in total. The van der Waals surface area contributed by atoms with Crippen LogP contribution in [0.4, 0.5) is 0 Å². The summed E-state index contributed by atoms with van der Waals surface area (Å²) in [5.41, 5.74) is 7.28. The van der Waals surface area contributed by atoms with Crippen molar-refractivity contribution in [1.29, 1.82) is 0 Å². The molecule has 1 aliphatic carbocycles. The molecule has 1 aliphatic rings. The van der Waals surface area contributed by atoms with Gasteiger partial charge in [0.25, 0.3) is 0 Å². The Labute approximate surface area is 163 Å². The van der Waals surface area contributed by atoms with Crippen molar-refractivity contribution in [3.63, 3.8) is 0 Å². The summed E-state index contributed by atoms with van der Waals surface area (Å²) in [6, 6.07) is 16.2. The van der Waals surface area contributed by atoms with E-state index < -0.39 is 0 Å². The zero-order chi connectivity index (χ0) is 19.4. The van der Waals surface area contributed by atoms with Crippen molar-refractivity contribution >= 4 is 27.2 Å². The third kappa shape index (κ3) is 4.05. The van der Waals surface area contributed by atoms with Gasteiger partial charge in [-0.3, -0.25) is 4.79 Å². The maximum atomic E-state index is 11.8. The third-order valence-corrected chi connectivity index (χ3v) is 6.16. The number of ether oxygens (including phenoxy) is 1. The monoisotopic (exact) mass is 383 g/mol. The van der Waals surface area contributed by atoms with Gasteiger partial charge in [0.1, 0.15) is 5.75 Å². The van der Waals surface area contributed by atoms with Crippen molar-refractivity contribution in [2.45, 2.75) is 31.8 Å². The molecule has 0 unspecified atom stereocenters. The first-order valence-electron chi connectivity index (χ1n) is 9.01. The Morgan fingerprint density at radius 2 is 1.96 bits per heavy atom. The summed E-state index contributed by atoms with van der Waals surface area (Å²) in [7, 11) is 1.65. The number of methoxy groups -OCH3 is 1. The van der Waals surface area contributed by atoms with Crippen molar-refractivity contribution in [3.05, 3.63) is 64.5 Å². The molecule has 1 fully saturated rings. The second-order valence-electron chi connectivity index (χ2n) is 6.80. The fourth-order valence-corrected chi connectivity index (χ4v) is 4.21. The van der Waals surface area contributed by atoms with Crippen molar-refractivity contribution < 1.29 is 14.6 Å². The van der Waals surface area contributed by atoms with Crippen LogP contribution in [0.3, 0.4) is 0 Å². The van der Waals surface area contributed by atoms with E-state index in [2.05, 4.69) is 12.1 Å². The van der Waals surface area contributed by atoms with Crippen molar-refractivity contribution in [2.24, 2.45) is 5.73 Å². The lowest BCUT2D eigenvalue weighted by Gasteiger charge is -2.15. The number of rotatable bonds is 5. The van der Waals surface area contributed by atoms with Crippen LogP contribution in [-0.4, -0.2) is 24.5 Å². The van der Waals surface area contributed by atoms with E-state index in [1.165, 1.54) is 10.1 Å². The molecule has 27 heavy (non-hydrogen) atoms. The van der Waals surface area contributed by atoms with E-state index in [1.807, 2.05) is 43.3 Å². The molecule has 0 bridgehead atoms. The summed E-state index contributed by atoms with van der Waals surface area (Å²) in [5.74, 6) is 0.979. The maximum absolute atomic E-state index is 11.8. The van der Waals surface area contributed by atoms with Crippen molar-refractivity contribution in [2.75, 3.05) is 13.7 Å². The number of nitrogens with two attached hydrogens (primary N) is 1. The lowest BCUT2D eigenvalue weighted by molar-refractivity contribution is -0.120. The summed E-state index contributed by atoms with van der Waals surface area (Å²) >= 11 is 1.65. The molecule has 1 saturated carbocycles. The molecular formula is C22H25NO3S. The highest BCUT2D eigenvalue weighted by atomic mass is 32.1. The number of hydrogen-bond donors (Lipinski definition) is 2. The molecule has 0 saturated heterocycles. The number of carbonyl (C=O) groups is 1. The summed E-state index contributed by atoms with van der Waals surface area (Å²) in [4.78, 5) is 12.8. The number of thiophene rings is 1. The standard InChI is InChI=1S/C13H17NO2.C9H8OS/c1-9-3-4-10(7-11(9)16-2)13(5-6-13)12(15)8-14;10-6-8-5-7-3-1-2-4-9(7)11-8/h3-4,7H,5-6,8,14H2,1-2H3;1-5,10H,6H2. The number of Topliss-reactive ketones (excluding diaryl/α,β-unsaturated/α-hetero) is 1. The number of carbonyl (C=O) groups excluding carboxylic acids is 1. The Balaban J connectivity index is 0.000000166. The van der Waals surface area contributed by atoms with Crippen molar-refractivity contribution in [1.82, 2.24) is 0 Å². The predicted octanol–water partition coefficient (Wildman–Crippen LogP) is 3.96. The number of aliphatic hydroxyl groups excluding tert-OH is 1. The summed E-state index contributed by atoms with van der Waals surface area (Å²) in [6.45, 7) is 2.27. The van der Waals surface area contributed by atoms with E-state index in [1.54, 1.807) is 18.4 Å². The number of benzene rings is 2. The SMILES string of the molecule is COc1cc(C2(C(=O)CN)CC2)ccc1C.OCc1cc2ccccc2s1. The summed E-state index contributed by atoms with van der Waals surface area (Å²) in [5, 5.41) is 10.1. The Morgan fingerprint density at radius 3 is 2.56 bits per heavy atom. The molecule has 142 valence electrons. The first-order valence-corrected chi connectivity index (χ1v) is 9.82. The molecule has 4 rings (SSSR count). The molecule has 0 amide bonds. The summed E-state index contributed by atoms with van der Waals surface area (Å²) in [6.07, 6.45) is 1.82. The summed E-state index contributed by atoms with van der Waals surface area (Å²) < 4.78 is 6.53. The van der Waals surface area contributed by atoms with Crippen LogP contribution in [0.1, 0.15) is 28.8 Å². The number of hydrogen-bond acceptors (Lipinski definition) is 5. The van der Waals surface area contributed by atoms with Gasteiger partial charge >= 0.3 is 0 Å². The fourth-order valence-electron chi connectivity index (χ4n) is 3.28. The highest BCUT2D eigenvalue weighted by Gasteiger charge is 2.50. The molecule has 0 spiro atoms. The Kier molecular flexibility index (Phi) is 5.95. The number of fused-ring (bicyclic) bond motifs is 1. The average molecular weight is 384 g/mol. The minimum Gasteiger partial charge on any atom is -0.496 e. The molecule has 5 heteroatoms. The lowest BCUT2D eigenvalue weighted by atomic mass is 9.90. The minimum absolute atomic E-state index is 0.121. The van der Waals surface area contributed by atoms with Crippen LogP contribution >= 0.6 is 11.3 Å². The maximum Gasteiger partial charge on any atom is 0.156 e. The minimum atomic E-state index is -0.310. The van der Waals surface area contributed by atoms with Crippen LogP contribution in [0, 0.1) is 6.92 Å². The van der Waals surface area contributed by atoms with Gasteiger partial charge in [-0.05, 0) is 54.5 Å². The van der Waals surface area contributed by atoms with E-state index in [9.17, 15) is 4.79 Å². The molecule has 1 heterocycles. The molecule has 0 atom stereocenters. The van der Waals surface area contributed by atoms with Gasteiger partial charge in [-0.15, -0.1) is 11.3 Å². The van der Waals surface area contributed by atoms with E-state index in [-0.39, 0.29) is 24.3 Å². The van der Waals surface area contributed by atoms with Crippen LogP contribution in [0.15, 0.2) is 48.5 Å². The normalized spacial score (nSPS) is 14.4. The predicted molar refractivity (Wildman–Crippen MR) is 110 cm³/mol. The van der Waals surface area contributed by atoms with Gasteiger partial charge in [-0.25, -0.2) is 0 Å². The highest BCUT2D eigenvalue weighted by molar-refractivity contribution is 7.19. The van der Waals surface area contributed by atoms with E-state index in [4.69, 9.17) is 15.6 Å². The van der Waals surface area contributed by atoms with E-state index in [0.717, 1.165) is 34.6 Å². The molecule has 0 aliphatic heterocycles. The van der Waals surface area contributed by atoms with Crippen LogP contribution in [0.25, 0.3) is 10.1 Å². The van der Waals surface area contributed by atoms with Crippen LogP contribution in [0.2, 0.25) is 0 Å². The Hall–Kier alpha value is -2.21. The average Bonchev–Trinajstić information content (AvgIpc) is 3.40. The first kappa shape index (κ1) is 19.5. The van der Waals surface area contributed by atoms with Gasteiger partial charge in [-0.2, -0.15) is 0 Å². The largest absolute Gasteiger partial charge is 0.496 e. The number of ketones is 1. The van der Waals surface area contributed by atoms with Gasteiger partial charge < -0.3 is 15.6 Å². The van der Waals surface area contributed by atoms with E-state index in [0.29, 0.717) is 0 Å². The van der Waals surface area contributed by atoms with Gasteiger partial charge in [-0.1, -0.05) is 30.3 Å². The van der Waals surface area contributed by atoms with Crippen molar-refractivity contribution in [3.8, 4) is 5.75 Å². The van der Waals surface area contributed by atoms with Gasteiger partial charge in [0.05, 0.1) is 25.7 Å². The smallest absolute Gasteiger partial charge is 0.156 e. The van der Waals surface area contributed by atoms with Gasteiger partial charge in [0.15, 0.2) is 5.78 Å². The van der Waals surface area contributed by atoms with Gasteiger partial charge in [0.2, 0.25) is 0 Å². The van der Waals surface area contributed by atoms with Crippen LogP contribution in [-0.2, 0) is 16.8 Å². The van der Waals surface area contributed by atoms with Gasteiger partial charge in [0, 0.05) is 9.58 Å².